The van der Waals surface area contributed by atoms with Gasteiger partial charge in [-0.05, 0) is 102 Å². The molecular weight excluding hydrogens is 964 g/mol. The Hall–Kier alpha value is -5.12. The van der Waals surface area contributed by atoms with Crippen molar-refractivity contribution >= 4 is 33.2 Å². The normalized spacial score (nSPS) is 14.6. The third-order valence-corrected chi connectivity index (χ3v) is 12.2. The van der Waals surface area contributed by atoms with Gasteiger partial charge in [-0.2, -0.15) is 6.07 Å². The zero-order chi connectivity index (χ0) is 47.2. The van der Waals surface area contributed by atoms with Crippen molar-refractivity contribution in [3.05, 3.63) is 162 Å². The Kier molecular flexibility index (Phi) is 11.5. The van der Waals surface area contributed by atoms with Crippen molar-refractivity contribution in [3.63, 3.8) is 0 Å². The molecule has 5 aromatic carbocycles. The Bertz CT molecular complexity index is 2950. The van der Waals surface area contributed by atoms with E-state index in [0.717, 1.165) is 50.0 Å². The zero-order valence-corrected chi connectivity index (χ0v) is 42.7. The van der Waals surface area contributed by atoms with E-state index in [4.69, 9.17) is 9.72 Å². The third-order valence-electron chi connectivity index (χ3n) is 12.2. The van der Waals surface area contributed by atoms with Crippen LogP contribution < -0.4 is 14.5 Å². The summed E-state index contributed by atoms with van der Waals surface area (Å²) in [7, 11) is 0. The average molecular weight is 1030 g/mol. The second-order valence-corrected chi connectivity index (χ2v) is 22.4. The quantitative estimate of drug-likeness (QED) is 0.155. The number of fused-ring (bicyclic) bond motifs is 3. The number of ether oxygens (including phenoxy) is 1. The van der Waals surface area contributed by atoms with Gasteiger partial charge in [0.2, 0.25) is 0 Å². The maximum atomic E-state index is 9.25. The standard InChI is InChI=1S/C58H65N4O.Pt/c1-54(2,3)39-22-20-38(21-23-39)49-35-53(59-36-50(49)58(13,14)15)62-51-19-17-16-18-47(51)48-25-24-45(34-52(48)62)63-46-32-42(57(10,11)12)31-44(33-46)61-27-26-60(37-61)43-29-40(55(4,5)6)28-41(30-43)56(7,8)9;/h16-32,35-37H,1-15H3;/q-3;/i26D,27D;. The first-order chi connectivity index (χ1) is 30.2. The number of hydrogen-bond donors (Lipinski definition) is 0. The van der Waals surface area contributed by atoms with Crippen molar-refractivity contribution in [2.45, 2.75) is 131 Å². The summed E-state index contributed by atoms with van der Waals surface area (Å²) >= 11 is 0. The molecule has 7 aromatic rings. The van der Waals surface area contributed by atoms with Crippen molar-refractivity contribution in [3.8, 4) is 28.4 Å². The molecule has 1 aliphatic heterocycles. The van der Waals surface area contributed by atoms with E-state index in [1.807, 2.05) is 31.1 Å². The minimum Gasteiger partial charge on any atom is -0.509 e. The van der Waals surface area contributed by atoms with E-state index < -0.39 is 0 Å². The predicted octanol–water partition coefficient (Wildman–Crippen LogP) is 15.6. The van der Waals surface area contributed by atoms with Crippen LogP contribution in [0.3, 0.4) is 0 Å². The number of hydrogen-bond acceptors (Lipinski definition) is 4. The molecule has 0 radical (unpaired) electrons. The Morgan fingerprint density at radius 2 is 1.16 bits per heavy atom. The summed E-state index contributed by atoms with van der Waals surface area (Å²) in [6, 6.07) is 41.5. The van der Waals surface area contributed by atoms with Gasteiger partial charge in [0, 0.05) is 50.0 Å². The summed E-state index contributed by atoms with van der Waals surface area (Å²) in [4.78, 5) is 8.70. The molecule has 0 unspecified atom stereocenters. The van der Waals surface area contributed by atoms with Gasteiger partial charge in [-0.25, -0.2) is 4.98 Å². The fourth-order valence-corrected chi connectivity index (χ4v) is 8.14. The summed E-state index contributed by atoms with van der Waals surface area (Å²) in [6.07, 6.45) is 2.19. The molecule has 0 N–H and O–H groups in total. The largest absolute Gasteiger partial charge is 0.509 e. The number of rotatable bonds is 6. The molecule has 336 valence electrons. The van der Waals surface area contributed by atoms with Crippen LogP contribution in [0.15, 0.2) is 116 Å². The molecule has 0 aliphatic carbocycles. The number of benzene rings is 5. The molecule has 0 saturated heterocycles. The van der Waals surface area contributed by atoms with Crippen molar-refractivity contribution in [1.29, 1.82) is 0 Å². The van der Waals surface area contributed by atoms with Crippen LogP contribution in [0.2, 0.25) is 0 Å². The molecule has 5 nitrogen and oxygen atoms in total. The Morgan fingerprint density at radius 1 is 0.562 bits per heavy atom. The van der Waals surface area contributed by atoms with Gasteiger partial charge in [0.15, 0.2) is 0 Å². The van der Waals surface area contributed by atoms with Crippen LogP contribution in [-0.2, 0) is 48.1 Å². The molecule has 0 amide bonds. The molecule has 6 heteroatoms. The van der Waals surface area contributed by atoms with Gasteiger partial charge in [-0.3, -0.25) is 0 Å². The summed E-state index contributed by atoms with van der Waals surface area (Å²) in [5, 5.41) is 2.15. The van der Waals surface area contributed by atoms with E-state index in [0.29, 0.717) is 17.2 Å². The van der Waals surface area contributed by atoms with Crippen LogP contribution in [0.4, 0.5) is 11.4 Å². The maximum Gasteiger partial charge on any atom is 0.136 e. The van der Waals surface area contributed by atoms with E-state index in [1.54, 1.807) is 9.80 Å². The monoisotopic (exact) mass is 1030 g/mol. The van der Waals surface area contributed by atoms with Gasteiger partial charge in [0.1, 0.15) is 5.82 Å². The van der Waals surface area contributed by atoms with E-state index in [9.17, 15) is 2.74 Å². The average Bonchev–Trinajstić information content (AvgIpc) is 3.71. The number of aromatic nitrogens is 2. The van der Waals surface area contributed by atoms with E-state index in [1.165, 1.54) is 22.3 Å². The SMILES string of the molecule is [2H]C1=C([2H])N(c2cc(C(C)(C)C)cc(C(C)(C)C)c2)[CH-]N1c1[c-]c(Oc2[c-]c3c(cc2)c2ccccc2n3-c2cc(-c3ccc(C(C)(C)C)cc3)c(C(C)(C)C)cn2)cc(C(C)(C)C)c1.[Pt]. The topological polar surface area (TPSA) is 33.5 Å². The maximum absolute atomic E-state index is 9.25. The second-order valence-electron chi connectivity index (χ2n) is 22.4. The molecular formula is C58H65N4OPt-3. The molecule has 1 aliphatic rings. The van der Waals surface area contributed by atoms with Crippen LogP contribution in [0.5, 0.6) is 11.5 Å². The summed E-state index contributed by atoms with van der Waals surface area (Å²) in [5.74, 6) is 1.83. The zero-order valence-electron chi connectivity index (χ0n) is 42.4. The number of nitrogens with zero attached hydrogens (tertiary/aromatic N) is 4. The van der Waals surface area contributed by atoms with Crippen molar-refractivity contribution in [2.75, 3.05) is 9.80 Å². The van der Waals surface area contributed by atoms with Crippen molar-refractivity contribution in [1.82, 2.24) is 9.55 Å². The Labute approximate surface area is 400 Å². The van der Waals surface area contributed by atoms with Crippen LogP contribution in [0.1, 0.15) is 134 Å². The first-order valence-corrected chi connectivity index (χ1v) is 22.3. The Morgan fingerprint density at radius 3 is 1.77 bits per heavy atom. The number of pyridine rings is 1. The molecule has 0 fully saturated rings. The third kappa shape index (κ3) is 9.48. The van der Waals surface area contributed by atoms with Gasteiger partial charge >= 0.3 is 0 Å². The summed E-state index contributed by atoms with van der Waals surface area (Å²) in [5.41, 5.74) is 11.0. The van der Waals surface area contributed by atoms with Gasteiger partial charge in [0.25, 0.3) is 0 Å². The molecule has 0 spiro atoms. The minimum absolute atomic E-state index is 0. The van der Waals surface area contributed by atoms with Crippen LogP contribution in [-0.4, -0.2) is 9.55 Å². The number of anilines is 2. The molecule has 0 atom stereocenters. The van der Waals surface area contributed by atoms with Gasteiger partial charge in [-0.15, -0.1) is 53.6 Å². The molecule has 64 heavy (non-hydrogen) atoms. The Balaban J connectivity index is 0.00000648. The molecule has 8 rings (SSSR count). The van der Waals surface area contributed by atoms with Crippen LogP contribution >= 0.6 is 0 Å². The van der Waals surface area contributed by atoms with Crippen LogP contribution in [0.25, 0.3) is 38.8 Å². The smallest absolute Gasteiger partial charge is 0.136 e. The molecule has 0 saturated carbocycles. The molecule has 3 heterocycles. The van der Waals surface area contributed by atoms with Gasteiger partial charge in [0.05, 0.1) is 2.74 Å². The minimum atomic E-state index is -0.254. The first kappa shape index (κ1) is 44.1. The second kappa shape index (κ2) is 16.7. The first-order valence-electron chi connectivity index (χ1n) is 23.3. The van der Waals surface area contributed by atoms with Crippen molar-refractivity contribution in [2.24, 2.45) is 0 Å². The van der Waals surface area contributed by atoms with E-state index >= 15 is 0 Å². The summed E-state index contributed by atoms with van der Waals surface area (Å²) < 4.78 is 27.4. The predicted molar refractivity (Wildman–Crippen MR) is 267 cm³/mol. The molecule has 2 aromatic heterocycles. The van der Waals surface area contributed by atoms with Gasteiger partial charge < -0.3 is 19.1 Å². The van der Waals surface area contributed by atoms with Crippen LogP contribution in [0, 0.1) is 18.8 Å². The summed E-state index contributed by atoms with van der Waals surface area (Å²) in [6.45, 7) is 35.0. The van der Waals surface area contributed by atoms with Crippen molar-refractivity contribution < 1.29 is 28.5 Å². The van der Waals surface area contributed by atoms with E-state index in [2.05, 4.69) is 199 Å². The fourth-order valence-electron chi connectivity index (χ4n) is 8.14. The number of para-hydroxylation sites is 1. The molecule has 0 bridgehead atoms. The van der Waals surface area contributed by atoms with Gasteiger partial charge in [-0.1, -0.05) is 158 Å². The van der Waals surface area contributed by atoms with E-state index in [-0.39, 0.29) is 60.5 Å². The fraction of sp³-hybridized carbons (Fsp3) is 0.345.